The Hall–Kier alpha value is -1.36. The first-order chi connectivity index (χ1) is 7.83. The smallest absolute Gasteiger partial charge is 0.229 e. The van der Waals surface area contributed by atoms with Crippen LogP contribution in [0.1, 0.15) is 32.8 Å². The first-order valence-electron chi connectivity index (χ1n) is 5.84. The first-order valence-corrected chi connectivity index (χ1v) is 5.84. The topological polar surface area (TPSA) is 83.8 Å². The number of carbonyl (C=O) groups is 1. The molecular formula is C12H22N4O. The molecule has 1 amide bonds. The second-order valence-electron chi connectivity index (χ2n) is 5.61. The highest BCUT2D eigenvalue weighted by Gasteiger charge is 2.24. The van der Waals surface area contributed by atoms with Gasteiger partial charge in [-0.3, -0.25) is 9.89 Å². The van der Waals surface area contributed by atoms with E-state index in [-0.39, 0.29) is 17.2 Å². The van der Waals surface area contributed by atoms with E-state index >= 15 is 0 Å². The highest BCUT2D eigenvalue weighted by Crippen LogP contribution is 2.24. The van der Waals surface area contributed by atoms with Crippen molar-refractivity contribution in [1.82, 2.24) is 10.2 Å². The predicted molar refractivity (Wildman–Crippen MR) is 68.6 cm³/mol. The molecule has 0 radical (unpaired) electrons. The van der Waals surface area contributed by atoms with Gasteiger partial charge in [-0.1, -0.05) is 20.8 Å². The van der Waals surface area contributed by atoms with Crippen LogP contribution in [0.5, 0.6) is 0 Å². The maximum absolute atomic E-state index is 12.0. The molecule has 17 heavy (non-hydrogen) atoms. The Kier molecular flexibility index (Phi) is 4.28. The molecule has 0 spiro atoms. The highest BCUT2D eigenvalue weighted by atomic mass is 16.2. The van der Waals surface area contributed by atoms with Crippen molar-refractivity contribution in [2.24, 2.45) is 17.1 Å². The van der Waals surface area contributed by atoms with E-state index in [2.05, 4.69) is 36.3 Å². The lowest BCUT2D eigenvalue weighted by atomic mass is 9.84. The second kappa shape index (κ2) is 5.31. The number of aryl methyl sites for hydroxylation is 1. The maximum atomic E-state index is 12.0. The minimum atomic E-state index is -0.169. The zero-order chi connectivity index (χ0) is 13.1. The average Bonchev–Trinajstić information content (AvgIpc) is 2.59. The van der Waals surface area contributed by atoms with E-state index in [1.54, 1.807) is 6.20 Å². The Labute approximate surface area is 102 Å². The van der Waals surface area contributed by atoms with Crippen LogP contribution >= 0.6 is 0 Å². The quantitative estimate of drug-likeness (QED) is 0.746. The Morgan fingerprint density at radius 1 is 1.59 bits per heavy atom. The molecular weight excluding hydrogens is 216 g/mol. The van der Waals surface area contributed by atoms with Crippen LogP contribution in [0.25, 0.3) is 0 Å². The van der Waals surface area contributed by atoms with Crippen LogP contribution in [-0.2, 0) is 4.79 Å². The highest BCUT2D eigenvalue weighted by molar-refractivity contribution is 5.92. The van der Waals surface area contributed by atoms with Gasteiger partial charge in [-0.25, -0.2) is 0 Å². The number of nitrogens with one attached hydrogen (secondary N) is 2. The van der Waals surface area contributed by atoms with E-state index in [1.807, 2.05) is 6.92 Å². The zero-order valence-electron chi connectivity index (χ0n) is 11.0. The lowest BCUT2D eigenvalue weighted by molar-refractivity contribution is -0.120. The molecule has 1 aromatic heterocycles. The van der Waals surface area contributed by atoms with Crippen LogP contribution in [0.3, 0.4) is 0 Å². The van der Waals surface area contributed by atoms with Crippen LogP contribution in [0, 0.1) is 18.3 Å². The van der Waals surface area contributed by atoms with Crippen molar-refractivity contribution in [3.63, 3.8) is 0 Å². The Balaban J connectivity index is 2.65. The molecule has 4 N–H and O–H groups in total. The number of carbonyl (C=O) groups excluding carboxylic acids is 1. The molecule has 0 aliphatic carbocycles. The maximum Gasteiger partial charge on any atom is 0.229 e. The molecule has 0 aliphatic rings. The Morgan fingerprint density at radius 3 is 2.65 bits per heavy atom. The summed E-state index contributed by atoms with van der Waals surface area (Å²) < 4.78 is 0. The van der Waals surface area contributed by atoms with Crippen LogP contribution in [0.4, 0.5) is 5.82 Å². The fourth-order valence-corrected chi connectivity index (χ4v) is 1.72. The first kappa shape index (κ1) is 13.7. The van der Waals surface area contributed by atoms with Gasteiger partial charge in [-0.05, 0) is 18.8 Å². The molecule has 1 aromatic rings. The molecule has 96 valence electrons. The molecule has 0 saturated heterocycles. The van der Waals surface area contributed by atoms with Crippen molar-refractivity contribution in [3.05, 3.63) is 11.8 Å². The molecule has 5 heteroatoms. The van der Waals surface area contributed by atoms with Crippen LogP contribution in [-0.4, -0.2) is 22.6 Å². The summed E-state index contributed by atoms with van der Waals surface area (Å²) in [5.74, 6) is 0.440. The van der Waals surface area contributed by atoms with Gasteiger partial charge < -0.3 is 11.1 Å². The van der Waals surface area contributed by atoms with Gasteiger partial charge in [0, 0.05) is 12.1 Å². The third-order valence-electron chi connectivity index (χ3n) is 2.59. The summed E-state index contributed by atoms with van der Waals surface area (Å²) in [6.07, 6.45) is 2.44. The molecule has 1 atom stereocenters. The molecule has 0 bridgehead atoms. The van der Waals surface area contributed by atoms with Gasteiger partial charge in [0.05, 0.1) is 12.1 Å². The summed E-state index contributed by atoms with van der Waals surface area (Å²) in [4.78, 5) is 12.0. The van der Waals surface area contributed by atoms with Crippen molar-refractivity contribution in [2.45, 2.75) is 34.1 Å². The molecule has 1 rings (SSSR count). The van der Waals surface area contributed by atoms with Gasteiger partial charge in [0.2, 0.25) is 5.91 Å². The molecule has 0 aromatic carbocycles. The average molecular weight is 238 g/mol. The number of aromatic nitrogens is 2. The van der Waals surface area contributed by atoms with Gasteiger partial charge in [0.1, 0.15) is 5.82 Å². The number of anilines is 1. The molecule has 0 aliphatic heterocycles. The van der Waals surface area contributed by atoms with Crippen LogP contribution < -0.4 is 11.1 Å². The summed E-state index contributed by atoms with van der Waals surface area (Å²) in [5.41, 5.74) is 6.67. The molecule has 5 nitrogen and oxygen atoms in total. The molecule has 0 fully saturated rings. The van der Waals surface area contributed by atoms with Crippen molar-refractivity contribution in [1.29, 1.82) is 0 Å². The summed E-state index contributed by atoms with van der Waals surface area (Å²) in [7, 11) is 0. The number of rotatable bonds is 4. The number of hydrogen-bond donors (Lipinski definition) is 3. The number of hydrogen-bond acceptors (Lipinski definition) is 3. The summed E-state index contributed by atoms with van der Waals surface area (Å²) in [6, 6.07) is 0. The second-order valence-corrected chi connectivity index (χ2v) is 5.61. The van der Waals surface area contributed by atoms with Gasteiger partial charge in [0.15, 0.2) is 0 Å². The standard InChI is InChI=1S/C12H22N4O/c1-8-7-14-16-10(8)15-11(17)9(6-13)5-12(2,3)4/h7,9H,5-6,13H2,1-4H3,(H2,14,15,16,17). The SMILES string of the molecule is Cc1cn[nH]c1NC(=O)C(CN)CC(C)(C)C. The molecule has 1 heterocycles. The van der Waals surface area contributed by atoms with Gasteiger partial charge >= 0.3 is 0 Å². The Bertz CT molecular complexity index is 378. The molecule has 0 saturated carbocycles. The summed E-state index contributed by atoms with van der Waals surface area (Å²) in [5, 5.41) is 9.45. The number of H-pyrrole nitrogens is 1. The third kappa shape index (κ3) is 4.19. The van der Waals surface area contributed by atoms with Gasteiger partial charge in [-0.15, -0.1) is 0 Å². The fraction of sp³-hybridized carbons (Fsp3) is 0.667. The van der Waals surface area contributed by atoms with E-state index in [0.717, 1.165) is 12.0 Å². The number of aromatic amines is 1. The largest absolute Gasteiger partial charge is 0.330 e. The van der Waals surface area contributed by atoms with E-state index in [0.29, 0.717) is 12.4 Å². The van der Waals surface area contributed by atoms with E-state index in [9.17, 15) is 4.79 Å². The fourth-order valence-electron chi connectivity index (χ4n) is 1.72. The predicted octanol–water partition coefficient (Wildman–Crippen LogP) is 1.67. The van der Waals surface area contributed by atoms with Crippen molar-refractivity contribution in [3.8, 4) is 0 Å². The van der Waals surface area contributed by atoms with Crippen LogP contribution in [0.15, 0.2) is 6.20 Å². The van der Waals surface area contributed by atoms with E-state index < -0.39 is 0 Å². The monoisotopic (exact) mass is 238 g/mol. The number of amides is 1. The van der Waals surface area contributed by atoms with Crippen molar-refractivity contribution in [2.75, 3.05) is 11.9 Å². The zero-order valence-corrected chi connectivity index (χ0v) is 11.0. The minimum Gasteiger partial charge on any atom is -0.330 e. The number of nitrogens with zero attached hydrogens (tertiary/aromatic N) is 1. The molecule has 1 unspecified atom stereocenters. The number of nitrogens with two attached hydrogens (primary N) is 1. The van der Waals surface area contributed by atoms with E-state index in [1.165, 1.54) is 0 Å². The summed E-state index contributed by atoms with van der Waals surface area (Å²) >= 11 is 0. The lowest BCUT2D eigenvalue weighted by Crippen LogP contribution is -2.32. The van der Waals surface area contributed by atoms with Crippen molar-refractivity contribution >= 4 is 11.7 Å². The third-order valence-corrected chi connectivity index (χ3v) is 2.59. The van der Waals surface area contributed by atoms with Crippen LogP contribution in [0.2, 0.25) is 0 Å². The summed E-state index contributed by atoms with van der Waals surface area (Å²) in [6.45, 7) is 8.55. The van der Waals surface area contributed by atoms with Gasteiger partial charge in [-0.2, -0.15) is 5.10 Å². The lowest BCUT2D eigenvalue weighted by Gasteiger charge is -2.24. The Morgan fingerprint density at radius 2 is 2.24 bits per heavy atom. The van der Waals surface area contributed by atoms with E-state index in [4.69, 9.17) is 5.73 Å². The minimum absolute atomic E-state index is 0.0465. The van der Waals surface area contributed by atoms with Crippen molar-refractivity contribution < 1.29 is 4.79 Å². The van der Waals surface area contributed by atoms with Gasteiger partial charge in [0.25, 0.3) is 0 Å². The normalized spacial score (nSPS) is 13.5.